The lowest BCUT2D eigenvalue weighted by atomic mass is 9.87. The van der Waals surface area contributed by atoms with Gasteiger partial charge in [-0.2, -0.15) is 4.39 Å². The summed E-state index contributed by atoms with van der Waals surface area (Å²) in [6.45, 7) is 6.41. The monoisotopic (exact) mass is 245 g/mol. The maximum Gasteiger partial charge on any atom is 0.216 e. The molecule has 0 amide bonds. The minimum atomic E-state index is -0.542. The molecule has 2 nitrogen and oxygen atoms in total. The molecule has 0 fully saturated rings. The van der Waals surface area contributed by atoms with Crippen molar-refractivity contribution in [1.29, 1.82) is 0 Å². The van der Waals surface area contributed by atoms with Gasteiger partial charge >= 0.3 is 0 Å². The third kappa shape index (κ3) is 3.06. The van der Waals surface area contributed by atoms with Gasteiger partial charge in [0, 0.05) is 12.3 Å². The van der Waals surface area contributed by atoms with E-state index in [-0.39, 0.29) is 5.41 Å². The quantitative estimate of drug-likeness (QED) is 0.735. The Balaban J connectivity index is 2.25. The summed E-state index contributed by atoms with van der Waals surface area (Å²) in [7, 11) is 0. The van der Waals surface area contributed by atoms with Crippen molar-refractivity contribution in [3.8, 4) is 11.5 Å². The van der Waals surface area contributed by atoms with Crippen molar-refractivity contribution in [2.45, 2.75) is 26.2 Å². The molecule has 0 saturated heterocycles. The maximum absolute atomic E-state index is 12.9. The lowest BCUT2D eigenvalue weighted by molar-refractivity contribution is 0.469. The fraction of sp³-hybridized carbons (Fsp3) is 0.267. The van der Waals surface area contributed by atoms with Gasteiger partial charge in [0.05, 0.1) is 0 Å². The van der Waals surface area contributed by atoms with Gasteiger partial charge in [0.1, 0.15) is 11.5 Å². The summed E-state index contributed by atoms with van der Waals surface area (Å²) in [5.74, 6) is 0.612. The lowest BCUT2D eigenvalue weighted by Crippen LogP contribution is -2.10. The van der Waals surface area contributed by atoms with E-state index in [2.05, 4.69) is 31.8 Å². The Kier molecular flexibility index (Phi) is 3.32. The average Bonchev–Trinajstić information content (AvgIpc) is 2.28. The van der Waals surface area contributed by atoms with E-state index in [1.807, 2.05) is 18.2 Å². The molecule has 0 aliphatic rings. The van der Waals surface area contributed by atoms with Crippen LogP contribution in [0.4, 0.5) is 4.39 Å². The third-order valence-electron chi connectivity index (χ3n) is 2.63. The first-order valence-electron chi connectivity index (χ1n) is 5.85. The van der Waals surface area contributed by atoms with Crippen LogP contribution in [0.2, 0.25) is 0 Å². The number of benzene rings is 1. The Morgan fingerprint density at radius 2 is 1.78 bits per heavy atom. The predicted molar refractivity (Wildman–Crippen MR) is 69.4 cm³/mol. The molecule has 3 heteroatoms. The number of nitrogens with zero attached hydrogens (tertiary/aromatic N) is 1. The Labute approximate surface area is 106 Å². The summed E-state index contributed by atoms with van der Waals surface area (Å²) in [4.78, 5) is 3.49. The topological polar surface area (TPSA) is 22.1 Å². The number of halogens is 1. The number of aromatic nitrogens is 1. The van der Waals surface area contributed by atoms with Crippen LogP contribution in [0, 0.1) is 5.95 Å². The van der Waals surface area contributed by atoms with Gasteiger partial charge in [-0.1, -0.05) is 32.9 Å². The molecule has 0 spiro atoms. The van der Waals surface area contributed by atoms with Gasteiger partial charge in [-0.15, -0.1) is 0 Å². The smallest absolute Gasteiger partial charge is 0.216 e. The first-order chi connectivity index (χ1) is 8.45. The number of pyridine rings is 1. The molecular formula is C15H16FNO. The lowest BCUT2D eigenvalue weighted by Gasteiger charge is -2.19. The minimum Gasteiger partial charge on any atom is -0.457 e. The molecule has 0 bridgehead atoms. The number of ether oxygens (including phenoxy) is 1. The summed E-state index contributed by atoms with van der Waals surface area (Å²) >= 11 is 0. The van der Waals surface area contributed by atoms with E-state index in [1.165, 1.54) is 17.8 Å². The van der Waals surface area contributed by atoms with Gasteiger partial charge < -0.3 is 4.74 Å². The Hall–Kier alpha value is -1.90. The van der Waals surface area contributed by atoms with Crippen molar-refractivity contribution in [1.82, 2.24) is 4.98 Å². The first kappa shape index (κ1) is 12.6. The van der Waals surface area contributed by atoms with Crippen molar-refractivity contribution < 1.29 is 9.13 Å². The predicted octanol–water partition coefficient (Wildman–Crippen LogP) is 4.31. The van der Waals surface area contributed by atoms with Gasteiger partial charge in [0.2, 0.25) is 5.95 Å². The highest BCUT2D eigenvalue weighted by molar-refractivity contribution is 5.35. The highest BCUT2D eigenvalue weighted by Crippen LogP contribution is 2.28. The van der Waals surface area contributed by atoms with E-state index >= 15 is 0 Å². The van der Waals surface area contributed by atoms with Gasteiger partial charge in [-0.05, 0) is 29.2 Å². The van der Waals surface area contributed by atoms with Gasteiger partial charge in [-0.3, -0.25) is 0 Å². The molecule has 1 aromatic heterocycles. The van der Waals surface area contributed by atoms with Crippen LogP contribution in [-0.2, 0) is 5.41 Å². The highest BCUT2D eigenvalue weighted by Gasteiger charge is 2.14. The van der Waals surface area contributed by atoms with Crippen LogP contribution in [0.15, 0.2) is 42.6 Å². The van der Waals surface area contributed by atoms with Gasteiger partial charge in [0.25, 0.3) is 0 Å². The zero-order valence-electron chi connectivity index (χ0n) is 10.8. The fourth-order valence-electron chi connectivity index (χ4n) is 1.61. The molecule has 1 heterocycles. The van der Waals surface area contributed by atoms with Crippen molar-refractivity contribution in [3.05, 3.63) is 54.1 Å². The van der Waals surface area contributed by atoms with Crippen molar-refractivity contribution in [2.75, 3.05) is 0 Å². The van der Waals surface area contributed by atoms with Gasteiger partial charge in [0.15, 0.2) is 0 Å². The molecular weight excluding hydrogens is 229 g/mol. The molecule has 0 aliphatic heterocycles. The maximum atomic E-state index is 12.9. The molecule has 2 rings (SSSR count). The molecule has 0 N–H and O–H groups in total. The molecule has 0 radical (unpaired) electrons. The Morgan fingerprint density at radius 1 is 1.06 bits per heavy atom. The van der Waals surface area contributed by atoms with E-state index in [9.17, 15) is 4.39 Å². The Bertz CT molecular complexity index is 546. The van der Waals surface area contributed by atoms with E-state index in [4.69, 9.17) is 4.74 Å². The highest BCUT2D eigenvalue weighted by atomic mass is 19.1. The summed E-state index contributed by atoms with van der Waals surface area (Å²) in [6, 6.07) is 10.7. The summed E-state index contributed by atoms with van der Waals surface area (Å²) in [5.41, 5.74) is 1.23. The average molecular weight is 245 g/mol. The summed E-state index contributed by atoms with van der Waals surface area (Å²) < 4.78 is 18.6. The normalized spacial score (nSPS) is 11.3. The molecule has 2 aromatic rings. The largest absolute Gasteiger partial charge is 0.457 e. The third-order valence-corrected chi connectivity index (χ3v) is 2.63. The molecule has 0 unspecified atom stereocenters. The minimum absolute atomic E-state index is 0.0584. The number of hydrogen-bond donors (Lipinski definition) is 0. The van der Waals surface area contributed by atoms with Crippen LogP contribution >= 0.6 is 0 Å². The van der Waals surface area contributed by atoms with Crippen LogP contribution in [0.5, 0.6) is 11.5 Å². The molecule has 1 aromatic carbocycles. The van der Waals surface area contributed by atoms with Crippen LogP contribution in [-0.4, -0.2) is 4.98 Å². The van der Waals surface area contributed by atoms with Crippen molar-refractivity contribution in [2.24, 2.45) is 0 Å². The second-order valence-electron chi connectivity index (χ2n) is 5.19. The standard InChI is InChI=1S/C15H16FNO/c1-15(2,3)11-5-4-6-12(9-11)18-13-7-8-17-14(16)10-13/h4-10H,1-3H3. The van der Waals surface area contributed by atoms with Crippen LogP contribution in [0.3, 0.4) is 0 Å². The van der Waals surface area contributed by atoms with E-state index in [1.54, 1.807) is 6.07 Å². The van der Waals surface area contributed by atoms with Crippen molar-refractivity contribution in [3.63, 3.8) is 0 Å². The second kappa shape index (κ2) is 4.77. The van der Waals surface area contributed by atoms with Crippen LogP contribution in [0.1, 0.15) is 26.3 Å². The number of rotatable bonds is 2. The zero-order valence-corrected chi connectivity index (χ0v) is 10.8. The molecule has 0 atom stereocenters. The fourth-order valence-corrected chi connectivity index (χ4v) is 1.61. The summed E-state index contributed by atoms with van der Waals surface area (Å²) in [6.07, 6.45) is 1.39. The molecule has 94 valence electrons. The molecule has 0 aliphatic carbocycles. The Morgan fingerprint density at radius 3 is 2.44 bits per heavy atom. The van der Waals surface area contributed by atoms with E-state index in [0.717, 1.165) is 0 Å². The summed E-state index contributed by atoms with van der Waals surface area (Å²) in [5, 5.41) is 0. The van der Waals surface area contributed by atoms with Crippen LogP contribution < -0.4 is 4.74 Å². The number of hydrogen-bond acceptors (Lipinski definition) is 2. The van der Waals surface area contributed by atoms with Crippen LogP contribution in [0.25, 0.3) is 0 Å². The molecule has 0 saturated carbocycles. The molecule has 18 heavy (non-hydrogen) atoms. The van der Waals surface area contributed by atoms with Crippen molar-refractivity contribution >= 4 is 0 Å². The first-order valence-corrected chi connectivity index (χ1v) is 5.85. The van der Waals surface area contributed by atoms with Gasteiger partial charge in [-0.25, -0.2) is 4.98 Å². The van der Waals surface area contributed by atoms with E-state index < -0.39 is 5.95 Å². The zero-order chi connectivity index (χ0) is 13.2. The SMILES string of the molecule is CC(C)(C)c1cccc(Oc2ccnc(F)c2)c1. The second-order valence-corrected chi connectivity index (χ2v) is 5.19. The van der Waals surface area contributed by atoms with E-state index in [0.29, 0.717) is 11.5 Å².